The van der Waals surface area contributed by atoms with Crippen LogP contribution in [0.3, 0.4) is 0 Å². The minimum atomic E-state index is -3.83. The average Bonchev–Trinajstić information content (AvgIpc) is 2.94. The van der Waals surface area contributed by atoms with Crippen LogP contribution in [0.4, 0.5) is 22.0 Å². The van der Waals surface area contributed by atoms with Crippen molar-refractivity contribution in [1.82, 2.24) is 9.62 Å². The molecule has 2 N–H and O–H groups in total. The van der Waals surface area contributed by atoms with Crippen LogP contribution in [0.15, 0.2) is 40.5 Å². The summed E-state index contributed by atoms with van der Waals surface area (Å²) in [5.74, 6) is -10.5. The molecular formula is C29H27ClF5N3O6S. The van der Waals surface area contributed by atoms with Crippen LogP contribution in [0.1, 0.15) is 49.8 Å². The van der Waals surface area contributed by atoms with Crippen LogP contribution in [0.25, 0.3) is 0 Å². The molecule has 242 valence electrons. The zero-order valence-corrected chi connectivity index (χ0v) is 25.2. The van der Waals surface area contributed by atoms with Gasteiger partial charge in [-0.2, -0.15) is 0 Å². The monoisotopic (exact) mass is 675 g/mol. The third kappa shape index (κ3) is 6.17. The van der Waals surface area contributed by atoms with Gasteiger partial charge in [-0.15, -0.1) is 0 Å². The van der Waals surface area contributed by atoms with E-state index in [0.717, 1.165) is 12.1 Å². The van der Waals surface area contributed by atoms with Crippen molar-refractivity contribution in [3.8, 4) is 0 Å². The van der Waals surface area contributed by atoms with Gasteiger partial charge in [-0.25, -0.2) is 39.5 Å². The number of carboxylic acids is 1. The second kappa shape index (κ2) is 12.7. The van der Waals surface area contributed by atoms with Crippen LogP contribution < -0.4 is 5.32 Å². The van der Waals surface area contributed by atoms with Gasteiger partial charge in [0.2, 0.25) is 10.0 Å². The Labute approximate surface area is 259 Å². The van der Waals surface area contributed by atoms with Gasteiger partial charge in [-0.05, 0) is 38.7 Å². The van der Waals surface area contributed by atoms with Crippen molar-refractivity contribution >= 4 is 39.4 Å². The van der Waals surface area contributed by atoms with Crippen molar-refractivity contribution in [2.75, 3.05) is 19.7 Å². The quantitative estimate of drug-likeness (QED) is 0.233. The zero-order valence-electron chi connectivity index (χ0n) is 23.6. The summed E-state index contributed by atoms with van der Waals surface area (Å²) in [6.45, 7) is 1.33. The number of allylic oxidation sites excluding steroid dienone is 1. The predicted molar refractivity (Wildman–Crippen MR) is 151 cm³/mol. The normalized spacial score (nSPS) is 22.8. The Morgan fingerprint density at radius 3 is 2.27 bits per heavy atom. The minimum Gasteiger partial charge on any atom is -0.481 e. The van der Waals surface area contributed by atoms with E-state index in [0.29, 0.717) is 12.1 Å². The fraction of sp³-hybridized carbons (Fsp3) is 0.414. The number of piperidine rings is 1. The highest BCUT2D eigenvalue weighted by molar-refractivity contribution is 7.89. The molecular weight excluding hydrogens is 649 g/mol. The molecule has 1 atom stereocenters. The second-order valence-electron chi connectivity index (χ2n) is 10.9. The number of nitrogens with zero attached hydrogens (tertiary/aromatic N) is 2. The van der Waals surface area contributed by atoms with Crippen LogP contribution in [0.5, 0.6) is 0 Å². The predicted octanol–water partition coefficient (Wildman–Crippen LogP) is 4.85. The first-order valence-electron chi connectivity index (χ1n) is 14.0. The molecule has 1 saturated carbocycles. The first-order valence-corrected chi connectivity index (χ1v) is 15.9. The number of hydrogen-bond donors (Lipinski definition) is 2. The fourth-order valence-electron chi connectivity index (χ4n) is 5.81. The van der Waals surface area contributed by atoms with Crippen molar-refractivity contribution in [3.63, 3.8) is 0 Å². The van der Waals surface area contributed by atoms with E-state index in [2.05, 4.69) is 10.3 Å². The molecule has 2 aromatic rings. The molecule has 16 heteroatoms. The number of hydrogen-bond acceptors (Lipinski definition) is 7. The lowest BCUT2D eigenvalue weighted by atomic mass is 9.85. The van der Waals surface area contributed by atoms with E-state index in [1.165, 1.54) is 11.2 Å². The molecule has 3 aliphatic rings. The summed E-state index contributed by atoms with van der Waals surface area (Å²) in [6, 6.07) is 1.08. The highest BCUT2D eigenvalue weighted by atomic mass is 35.5. The van der Waals surface area contributed by atoms with Gasteiger partial charge in [-0.1, -0.05) is 17.7 Å². The Balaban J connectivity index is 1.56. The van der Waals surface area contributed by atoms with Crippen LogP contribution in [-0.4, -0.2) is 60.6 Å². The molecule has 2 fully saturated rings. The number of halogens is 6. The summed E-state index contributed by atoms with van der Waals surface area (Å²) in [6.07, 6.45) is 0.171. The second-order valence-corrected chi connectivity index (χ2v) is 13.5. The molecule has 9 nitrogen and oxygen atoms in total. The molecule has 45 heavy (non-hydrogen) atoms. The highest BCUT2D eigenvalue weighted by Gasteiger charge is 2.46. The van der Waals surface area contributed by atoms with Crippen molar-refractivity contribution in [3.05, 3.63) is 80.8 Å². The maximum Gasteiger partial charge on any atom is 0.338 e. The number of nitrogens with one attached hydrogen (secondary N) is 1. The molecule has 1 unspecified atom stereocenters. The molecule has 1 aliphatic carbocycles. The van der Waals surface area contributed by atoms with Gasteiger partial charge in [0.25, 0.3) is 0 Å². The fourth-order valence-corrected chi connectivity index (χ4v) is 8.16. The summed E-state index contributed by atoms with van der Waals surface area (Å²) in [5.41, 5.74) is -1.20. The van der Waals surface area contributed by atoms with Gasteiger partial charge in [0, 0.05) is 42.4 Å². The van der Waals surface area contributed by atoms with Crippen molar-refractivity contribution in [1.29, 1.82) is 0 Å². The first-order chi connectivity index (χ1) is 21.2. The SMILES string of the molecule is CCOC(=O)C1=C(C2CCN(S(=O)(=O)C3CC(C(=O)O)C3)CC2)NC(c2c(F)cc(F)cc2F)=NC1c1ccc(F)c(F)c1Cl. The Kier molecular flexibility index (Phi) is 9.25. The molecule has 2 heterocycles. The van der Waals surface area contributed by atoms with E-state index in [1.54, 1.807) is 0 Å². The molecule has 0 amide bonds. The summed E-state index contributed by atoms with van der Waals surface area (Å²) >= 11 is 6.15. The van der Waals surface area contributed by atoms with Crippen LogP contribution in [-0.2, 0) is 24.3 Å². The number of rotatable bonds is 8. The summed E-state index contributed by atoms with van der Waals surface area (Å²) in [5, 5.41) is 10.3. The first kappa shape index (κ1) is 32.8. The van der Waals surface area contributed by atoms with Gasteiger partial charge in [0.1, 0.15) is 29.3 Å². The van der Waals surface area contributed by atoms with Crippen molar-refractivity contribution in [2.45, 2.75) is 43.9 Å². The van der Waals surface area contributed by atoms with Crippen LogP contribution in [0, 0.1) is 40.9 Å². The number of benzene rings is 2. The lowest BCUT2D eigenvalue weighted by Gasteiger charge is -2.40. The highest BCUT2D eigenvalue weighted by Crippen LogP contribution is 2.42. The maximum absolute atomic E-state index is 15.0. The van der Waals surface area contributed by atoms with E-state index in [9.17, 15) is 40.0 Å². The Bertz CT molecular complexity index is 1700. The van der Waals surface area contributed by atoms with E-state index < -0.39 is 90.6 Å². The maximum atomic E-state index is 15.0. The van der Waals surface area contributed by atoms with E-state index >= 15 is 0 Å². The summed E-state index contributed by atoms with van der Waals surface area (Å²) < 4.78 is 105. The van der Waals surface area contributed by atoms with E-state index in [1.807, 2.05) is 0 Å². The number of ether oxygens (including phenoxy) is 1. The lowest BCUT2D eigenvalue weighted by Crippen LogP contribution is -2.50. The summed E-state index contributed by atoms with van der Waals surface area (Å²) in [4.78, 5) is 28.9. The molecule has 5 rings (SSSR count). The number of esters is 1. The number of aliphatic carboxylic acids is 1. The van der Waals surface area contributed by atoms with Crippen molar-refractivity contribution in [2.24, 2.45) is 16.8 Å². The zero-order chi connectivity index (χ0) is 32.8. The number of aliphatic imine (C=N–C) groups is 1. The number of carbonyl (C=O) groups excluding carboxylic acids is 1. The minimum absolute atomic E-state index is 0.0113. The number of sulfonamides is 1. The standard InChI is InChI=1S/C29H27ClF5N3O6S/c1-2-44-29(41)22-25(13-5-7-38(8-6-13)45(42,43)16-9-14(10-16)28(39)40)36-27(21-19(33)11-15(31)12-20(21)34)37-26(22)17-3-4-18(32)24(35)23(17)30/h3-4,11-14,16,26H,2,5-10H2,1H3,(H,36,37)(H,39,40). The number of carboxylic acid groups (broad SMARTS) is 1. The summed E-state index contributed by atoms with van der Waals surface area (Å²) in [7, 11) is -3.83. The third-order valence-corrected chi connectivity index (χ3v) is 11.0. The molecule has 0 radical (unpaired) electrons. The van der Waals surface area contributed by atoms with E-state index in [-0.39, 0.29) is 62.2 Å². The molecule has 0 bridgehead atoms. The van der Waals surface area contributed by atoms with Crippen LogP contribution >= 0.6 is 11.6 Å². The van der Waals surface area contributed by atoms with Gasteiger partial charge >= 0.3 is 11.9 Å². The Hall–Kier alpha value is -3.56. The van der Waals surface area contributed by atoms with Gasteiger partial charge in [-0.3, -0.25) is 9.79 Å². The smallest absolute Gasteiger partial charge is 0.338 e. The molecule has 2 aliphatic heterocycles. The average molecular weight is 676 g/mol. The molecule has 2 aromatic carbocycles. The van der Waals surface area contributed by atoms with Crippen LogP contribution in [0.2, 0.25) is 5.02 Å². The molecule has 0 spiro atoms. The van der Waals surface area contributed by atoms with E-state index in [4.69, 9.17) is 21.4 Å². The number of amidine groups is 1. The topological polar surface area (TPSA) is 125 Å². The molecule has 0 aromatic heterocycles. The Morgan fingerprint density at radius 2 is 1.69 bits per heavy atom. The lowest BCUT2D eigenvalue weighted by molar-refractivity contribution is -0.144. The molecule has 1 saturated heterocycles. The largest absolute Gasteiger partial charge is 0.481 e. The van der Waals surface area contributed by atoms with Gasteiger partial charge in [0.15, 0.2) is 11.6 Å². The van der Waals surface area contributed by atoms with Gasteiger partial charge < -0.3 is 15.2 Å². The number of carbonyl (C=O) groups is 2. The van der Waals surface area contributed by atoms with Crippen molar-refractivity contribution < 1.29 is 49.8 Å². The van der Waals surface area contributed by atoms with Gasteiger partial charge in [0.05, 0.1) is 33.9 Å². The third-order valence-electron chi connectivity index (χ3n) is 8.26. The Morgan fingerprint density at radius 1 is 1.07 bits per heavy atom.